The molecule has 0 saturated carbocycles. The molecule has 288 valence electrons. The van der Waals surface area contributed by atoms with E-state index in [2.05, 4.69) is 16.0 Å². The van der Waals surface area contributed by atoms with Crippen LogP contribution in [0.15, 0.2) is 66.3 Å². The van der Waals surface area contributed by atoms with Crippen LogP contribution in [0.1, 0.15) is 30.9 Å². The summed E-state index contributed by atoms with van der Waals surface area (Å²) in [6, 6.07) is 7.86. The number of amides is 6. The van der Waals surface area contributed by atoms with Crippen molar-refractivity contribution in [2.24, 2.45) is 0 Å². The molecule has 0 spiro atoms. The van der Waals surface area contributed by atoms with Gasteiger partial charge < -0.3 is 44.9 Å². The summed E-state index contributed by atoms with van der Waals surface area (Å²) < 4.78 is 17.1. The van der Waals surface area contributed by atoms with Crippen molar-refractivity contribution in [2.75, 3.05) is 48.5 Å². The first-order chi connectivity index (χ1) is 25.8. The number of nitrogens with zero attached hydrogens (tertiary/aromatic N) is 3. The number of ether oxygens (including phenoxy) is 3. The van der Waals surface area contributed by atoms with E-state index in [0.29, 0.717) is 29.2 Å². The summed E-state index contributed by atoms with van der Waals surface area (Å²) in [5.74, 6) is -1.94. The molecule has 6 amide bonds. The number of carbonyl (C=O) groups excluding carboxylic acids is 6. The van der Waals surface area contributed by atoms with Gasteiger partial charge in [0.05, 0.1) is 27.3 Å². The highest BCUT2D eigenvalue weighted by molar-refractivity contribution is 5.97. The minimum atomic E-state index is -1.13. The molecule has 2 aromatic carbocycles. The van der Waals surface area contributed by atoms with Gasteiger partial charge >= 0.3 is 0 Å². The molecule has 15 heteroatoms. The Hall–Kier alpha value is -5.86. The lowest BCUT2D eigenvalue weighted by molar-refractivity contribution is -0.148. The van der Waals surface area contributed by atoms with Gasteiger partial charge in [0.25, 0.3) is 0 Å². The SMILES string of the molecule is COc1ccc(CC2C(=O)NCC(=O)N(C)C3CC4=CCC(C=C4)Oc4cc(ccc4OC)CC(C(=O)NC(C)C(=O)NCC(=O)N2C)N(C)C3=O)cc1. The summed E-state index contributed by atoms with van der Waals surface area (Å²) in [5.41, 5.74) is 2.15. The number of fused-ring (bicyclic) bond motifs is 1. The number of rotatable bonds is 4. The van der Waals surface area contributed by atoms with Gasteiger partial charge in [-0.2, -0.15) is 0 Å². The van der Waals surface area contributed by atoms with E-state index in [0.717, 1.165) is 11.1 Å². The number of methoxy groups -OCH3 is 2. The fraction of sp³-hybridized carbons (Fsp3) is 0.436. The van der Waals surface area contributed by atoms with E-state index in [1.807, 2.05) is 18.2 Å². The van der Waals surface area contributed by atoms with Gasteiger partial charge in [0, 0.05) is 46.8 Å². The van der Waals surface area contributed by atoms with Crippen molar-refractivity contribution in [3.63, 3.8) is 0 Å². The Labute approximate surface area is 314 Å². The molecule has 3 heterocycles. The first kappa shape index (κ1) is 39.3. The average molecular weight is 745 g/mol. The molecular formula is C39H48N6O9. The fourth-order valence-electron chi connectivity index (χ4n) is 6.58. The normalized spacial score (nSPS) is 24.7. The van der Waals surface area contributed by atoms with E-state index < -0.39 is 72.7 Å². The second kappa shape index (κ2) is 17.3. The third kappa shape index (κ3) is 9.19. The summed E-state index contributed by atoms with van der Waals surface area (Å²) in [6.07, 6.45) is 6.07. The van der Waals surface area contributed by atoms with Crippen LogP contribution in [0.2, 0.25) is 0 Å². The number of nitrogens with one attached hydrogen (secondary N) is 3. The molecule has 15 nitrogen and oxygen atoms in total. The maximum Gasteiger partial charge on any atom is 0.246 e. The number of hydrogen-bond acceptors (Lipinski definition) is 9. The molecule has 3 aliphatic heterocycles. The molecule has 4 aliphatic rings. The van der Waals surface area contributed by atoms with Crippen LogP contribution in [0.5, 0.6) is 17.2 Å². The van der Waals surface area contributed by atoms with Crippen LogP contribution in [0, 0.1) is 0 Å². The van der Waals surface area contributed by atoms with Crippen molar-refractivity contribution in [3.05, 3.63) is 77.4 Å². The molecule has 1 aliphatic carbocycles. The van der Waals surface area contributed by atoms with Crippen LogP contribution < -0.4 is 30.2 Å². The van der Waals surface area contributed by atoms with Gasteiger partial charge in [0.1, 0.15) is 36.0 Å². The van der Waals surface area contributed by atoms with Crippen LogP contribution in [-0.4, -0.2) is 129 Å². The Bertz CT molecular complexity index is 1830. The Balaban J connectivity index is 1.51. The molecule has 3 N–H and O–H groups in total. The largest absolute Gasteiger partial charge is 0.497 e. The summed E-state index contributed by atoms with van der Waals surface area (Å²) in [5, 5.41) is 7.92. The first-order valence-electron chi connectivity index (χ1n) is 17.8. The molecule has 6 bridgehead atoms. The predicted molar refractivity (Wildman–Crippen MR) is 198 cm³/mol. The van der Waals surface area contributed by atoms with Gasteiger partial charge in [-0.3, -0.25) is 28.8 Å². The van der Waals surface area contributed by atoms with Crippen LogP contribution in [0.25, 0.3) is 0 Å². The van der Waals surface area contributed by atoms with Gasteiger partial charge in [-0.25, -0.2) is 0 Å². The maximum absolute atomic E-state index is 14.5. The highest BCUT2D eigenvalue weighted by Crippen LogP contribution is 2.32. The molecule has 0 aromatic heterocycles. The van der Waals surface area contributed by atoms with Crippen molar-refractivity contribution < 1.29 is 43.0 Å². The standard InChI is InChI=1S/C39H48N6O9/c1-23-36(48)40-21-34(46)43(2)29(17-24-7-12-27(52-5)13-8-24)37(49)41-22-35(47)44(3)31-18-25-9-14-28(15-10-25)54-33-20-26(11-16-32(33)53-6)19-30(38(50)42-23)45(4)39(31)51/h7-14,16,20,23,28-31H,15,17-19,21-22H2,1-6H3,(H,40,48)(H,41,49)(H,42,50). The third-order valence-electron chi connectivity index (χ3n) is 10.1. The van der Waals surface area contributed by atoms with Crippen LogP contribution >= 0.6 is 0 Å². The van der Waals surface area contributed by atoms with E-state index >= 15 is 0 Å². The molecule has 5 unspecified atom stereocenters. The molecule has 0 radical (unpaired) electrons. The van der Waals surface area contributed by atoms with Crippen LogP contribution in [0.3, 0.4) is 0 Å². The molecule has 54 heavy (non-hydrogen) atoms. The van der Waals surface area contributed by atoms with Gasteiger partial charge in [0.2, 0.25) is 35.4 Å². The van der Waals surface area contributed by atoms with Crippen molar-refractivity contribution in [2.45, 2.75) is 62.9 Å². The van der Waals surface area contributed by atoms with E-state index in [1.54, 1.807) is 42.5 Å². The highest BCUT2D eigenvalue weighted by Gasteiger charge is 2.37. The number of hydrogen-bond donors (Lipinski definition) is 3. The molecule has 5 atom stereocenters. The number of benzene rings is 2. The quantitative estimate of drug-likeness (QED) is 0.408. The Morgan fingerprint density at radius 2 is 1.46 bits per heavy atom. The lowest BCUT2D eigenvalue weighted by Crippen LogP contribution is -2.59. The van der Waals surface area contributed by atoms with E-state index in [-0.39, 0.29) is 25.4 Å². The molecular weight excluding hydrogens is 696 g/mol. The minimum Gasteiger partial charge on any atom is -0.497 e. The van der Waals surface area contributed by atoms with Crippen molar-refractivity contribution in [1.82, 2.24) is 30.7 Å². The number of likely N-dealkylation sites (N-methyl/N-ethyl adjacent to an activating group) is 3. The second-order valence-corrected chi connectivity index (χ2v) is 13.6. The second-order valence-electron chi connectivity index (χ2n) is 13.6. The molecule has 1 saturated heterocycles. The fourth-order valence-corrected chi connectivity index (χ4v) is 6.58. The topological polar surface area (TPSA) is 176 Å². The van der Waals surface area contributed by atoms with Gasteiger partial charge in [-0.1, -0.05) is 30.4 Å². The van der Waals surface area contributed by atoms with Gasteiger partial charge in [0.15, 0.2) is 11.5 Å². The smallest absolute Gasteiger partial charge is 0.246 e. The van der Waals surface area contributed by atoms with E-state index in [1.165, 1.54) is 57.0 Å². The highest BCUT2D eigenvalue weighted by atomic mass is 16.5. The minimum absolute atomic E-state index is 0.0330. The number of allylic oxidation sites excluding steroid dienone is 1. The molecule has 6 rings (SSSR count). The van der Waals surface area contributed by atoms with Crippen molar-refractivity contribution in [3.8, 4) is 17.2 Å². The number of carbonyl (C=O) groups is 6. The van der Waals surface area contributed by atoms with Crippen molar-refractivity contribution in [1.29, 1.82) is 0 Å². The average Bonchev–Trinajstić information content (AvgIpc) is 3.18. The van der Waals surface area contributed by atoms with Gasteiger partial charge in [-0.05, 0) is 54.0 Å². The first-order valence-corrected chi connectivity index (χ1v) is 17.8. The lowest BCUT2D eigenvalue weighted by atomic mass is 9.95. The summed E-state index contributed by atoms with van der Waals surface area (Å²) >= 11 is 0. The zero-order valence-electron chi connectivity index (χ0n) is 31.4. The lowest BCUT2D eigenvalue weighted by Gasteiger charge is -2.36. The van der Waals surface area contributed by atoms with Crippen LogP contribution in [-0.2, 0) is 41.6 Å². The summed E-state index contributed by atoms with van der Waals surface area (Å²) in [6.45, 7) is 0.531. The monoisotopic (exact) mass is 744 g/mol. The zero-order chi connectivity index (χ0) is 39.1. The Morgan fingerprint density at radius 3 is 2.11 bits per heavy atom. The van der Waals surface area contributed by atoms with Crippen molar-refractivity contribution >= 4 is 35.4 Å². The molecule has 2 aromatic rings. The van der Waals surface area contributed by atoms with E-state index in [9.17, 15) is 28.8 Å². The maximum atomic E-state index is 14.5. The molecule has 1 fully saturated rings. The zero-order valence-corrected chi connectivity index (χ0v) is 31.4. The Morgan fingerprint density at radius 1 is 0.778 bits per heavy atom. The van der Waals surface area contributed by atoms with Crippen LogP contribution in [0.4, 0.5) is 0 Å². The third-order valence-corrected chi connectivity index (χ3v) is 10.1. The van der Waals surface area contributed by atoms with Gasteiger partial charge in [-0.15, -0.1) is 0 Å². The summed E-state index contributed by atoms with van der Waals surface area (Å²) in [4.78, 5) is 86.6. The summed E-state index contributed by atoms with van der Waals surface area (Å²) in [7, 11) is 7.46. The predicted octanol–water partition coefficient (Wildman–Crippen LogP) is 0.758. The van der Waals surface area contributed by atoms with E-state index in [4.69, 9.17) is 14.2 Å². The Kier molecular flexibility index (Phi) is 12.6.